The molecule has 0 atom stereocenters. The van der Waals surface area contributed by atoms with E-state index in [4.69, 9.17) is 11.5 Å². The van der Waals surface area contributed by atoms with Gasteiger partial charge in [0.15, 0.2) is 0 Å². The van der Waals surface area contributed by atoms with E-state index in [2.05, 4.69) is 32.7 Å². The molecule has 0 amide bonds. The van der Waals surface area contributed by atoms with E-state index in [0.29, 0.717) is 11.4 Å². The molecular formula is C11H12BrN3S. The maximum Gasteiger partial charge on any atom is 0.0568 e. The lowest BCUT2D eigenvalue weighted by Crippen LogP contribution is -2.00. The van der Waals surface area contributed by atoms with Crippen LogP contribution in [0.3, 0.4) is 0 Å². The first kappa shape index (κ1) is 11.3. The van der Waals surface area contributed by atoms with Crippen LogP contribution in [0, 0.1) is 0 Å². The molecule has 0 spiro atoms. The number of anilines is 3. The minimum atomic E-state index is 0.609. The summed E-state index contributed by atoms with van der Waals surface area (Å²) < 4.78 is 1.12. The van der Waals surface area contributed by atoms with Crippen molar-refractivity contribution < 1.29 is 0 Å². The lowest BCUT2D eigenvalue weighted by atomic mass is 10.2. The minimum Gasteiger partial charge on any atom is -0.397 e. The van der Waals surface area contributed by atoms with Gasteiger partial charge in [-0.1, -0.05) is 0 Å². The second kappa shape index (κ2) is 4.76. The molecule has 5 N–H and O–H groups in total. The van der Waals surface area contributed by atoms with Crippen molar-refractivity contribution in [3.05, 3.63) is 39.0 Å². The minimum absolute atomic E-state index is 0.609. The molecule has 1 aromatic carbocycles. The van der Waals surface area contributed by atoms with Crippen molar-refractivity contribution >= 4 is 44.3 Å². The molecule has 0 saturated carbocycles. The third-order valence-corrected chi connectivity index (χ3v) is 3.87. The zero-order valence-electron chi connectivity index (χ0n) is 8.53. The Hall–Kier alpha value is -1.20. The predicted octanol–water partition coefficient (Wildman–Crippen LogP) is 3.29. The number of thiophene rings is 1. The number of hydrogen-bond donors (Lipinski definition) is 3. The van der Waals surface area contributed by atoms with Crippen molar-refractivity contribution in [1.82, 2.24) is 0 Å². The Morgan fingerprint density at radius 2 is 2.00 bits per heavy atom. The third-order valence-electron chi connectivity index (χ3n) is 2.18. The molecule has 3 nitrogen and oxygen atoms in total. The molecule has 16 heavy (non-hydrogen) atoms. The highest BCUT2D eigenvalue weighted by molar-refractivity contribution is 9.10. The summed E-state index contributed by atoms with van der Waals surface area (Å²) in [6, 6.07) is 7.67. The number of nitrogens with one attached hydrogen (secondary N) is 1. The molecule has 0 radical (unpaired) electrons. The standard InChI is InChI=1S/C11H12BrN3S/c12-7-3-9(16-6-7)5-15-8-1-2-10(13)11(14)4-8/h1-4,6,15H,5,13-14H2. The fourth-order valence-corrected chi connectivity index (χ4v) is 2.71. The monoisotopic (exact) mass is 297 g/mol. The van der Waals surface area contributed by atoms with Crippen LogP contribution in [0.25, 0.3) is 0 Å². The van der Waals surface area contributed by atoms with E-state index in [1.165, 1.54) is 4.88 Å². The van der Waals surface area contributed by atoms with Gasteiger partial charge < -0.3 is 16.8 Å². The summed E-state index contributed by atoms with van der Waals surface area (Å²) in [4.78, 5) is 1.27. The maximum absolute atomic E-state index is 5.72. The highest BCUT2D eigenvalue weighted by atomic mass is 79.9. The van der Waals surface area contributed by atoms with Crippen molar-refractivity contribution in [2.24, 2.45) is 0 Å². The van der Waals surface area contributed by atoms with Gasteiger partial charge in [0.05, 0.1) is 11.4 Å². The van der Waals surface area contributed by atoms with E-state index in [1.807, 2.05) is 18.2 Å². The zero-order valence-corrected chi connectivity index (χ0v) is 10.9. The van der Waals surface area contributed by atoms with E-state index >= 15 is 0 Å². The van der Waals surface area contributed by atoms with Gasteiger partial charge in [-0.15, -0.1) is 11.3 Å². The SMILES string of the molecule is Nc1ccc(NCc2cc(Br)cs2)cc1N. The third kappa shape index (κ3) is 2.68. The van der Waals surface area contributed by atoms with Crippen LogP contribution in [0.2, 0.25) is 0 Å². The fraction of sp³-hybridized carbons (Fsp3) is 0.0909. The van der Waals surface area contributed by atoms with Gasteiger partial charge in [0.25, 0.3) is 0 Å². The summed E-state index contributed by atoms with van der Waals surface area (Å²) in [6.07, 6.45) is 0. The first-order chi connectivity index (χ1) is 7.65. The predicted molar refractivity (Wildman–Crippen MR) is 74.6 cm³/mol. The van der Waals surface area contributed by atoms with Gasteiger partial charge in [-0.25, -0.2) is 0 Å². The number of rotatable bonds is 3. The summed E-state index contributed by atoms with van der Waals surface area (Å²) in [5, 5.41) is 5.36. The van der Waals surface area contributed by atoms with Gasteiger partial charge in [0, 0.05) is 27.0 Å². The normalized spacial score (nSPS) is 10.3. The van der Waals surface area contributed by atoms with Crippen LogP contribution in [0.15, 0.2) is 34.1 Å². The van der Waals surface area contributed by atoms with Crippen LogP contribution in [-0.4, -0.2) is 0 Å². The van der Waals surface area contributed by atoms with Crippen LogP contribution in [0.1, 0.15) is 4.88 Å². The van der Waals surface area contributed by atoms with Crippen molar-refractivity contribution in [2.75, 3.05) is 16.8 Å². The number of nitrogen functional groups attached to an aromatic ring is 2. The molecule has 2 rings (SSSR count). The molecule has 0 aliphatic heterocycles. The van der Waals surface area contributed by atoms with E-state index in [-0.39, 0.29) is 0 Å². The highest BCUT2D eigenvalue weighted by Crippen LogP contribution is 2.23. The summed E-state index contributed by atoms with van der Waals surface area (Å²) in [5.74, 6) is 0. The van der Waals surface area contributed by atoms with Gasteiger partial charge in [-0.2, -0.15) is 0 Å². The Morgan fingerprint density at radius 1 is 1.19 bits per heavy atom. The largest absolute Gasteiger partial charge is 0.397 e. The molecule has 1 heterocycles. The Morgan fingerprint density at radius 3 is 2.62 bits per heavy atom. The van der Waals surface area contributed by atoms with Crippen molar-refractivity contribution in [3.8, 4) is 0 Å². The zero-order chi connectivity index (χ0) is 11.5. The molecule has 0 unspecified atom stereocenters. The number of benzene rings is 1. The topological polar surface area (TPSA) is 64.1 Å². The molecule has 0 aliphatic rings. The molecule has 0 aliphatic carbocycles. The van der Waals surface area contributed by atoms with E-state index < -0.39 is 0 Å². The lowest BCUT2D eigenvalue weighted by Gasteiger charge is -2.07. The molecule has 0 bridgehead atoms. The maximum atomic E-state index is 5.72. The fourth-order valence-electron chi connectivity index (χ4n) is 1.32. The molecule has 0 fully saturated rings. The van der Waals surface area contributed by atoms with Crippen LogP contribution in [-0.2, 0) is 6.54 Å². The van der Waals surface area contributed by atoms with Gasteiger partial charge in [-0.3, -0.25) is 0 Å². The summed E-state index contributed by atoms with van der Waals surface area (Å²) in [7, 11) is 0. The van der Waals surface area contributed by atoms with Crippen molar-refractivity contribution in [3.63, 3.8) is 0 Å². The molecule has 5 heteroatoms. The van der Waals surface area contributed by atoms with Gasteiger partial charge in [-0.05, 0) is 40.2 Å². The molecule has 1 aromatic heterocycles. The summed E-state index contributed by atoms with van der Waals surface area (Å²) in [5.41, 5.74) is 13.6. The van der Waals surface area contributed by atoms with Gasteiger partial charge >= 0.3 is 0 Å². The average Bonchev–Trinajstić information content (AvgIpc) is 2.66. The average molecular weight is 298 g/mol. The Kier molecular flexibility index (Phi) is 3.36. The van der Waals surface area contributed by atoms with Crippen LogP contribution >= 0.6 is 27.3 Å². The van der Waals surface area contributed by atoms with Crippen LogP contribution in [0.5, 0.6) is 0 Å². The molecule has 2 aromatic rings. The van der Waals surface area contributed by atoms with Crippen LogP contribution < -0.4 is 16.8 Å². The van der Waals surface area contributed by atoms with Gasteiger partial charge in [0.1, 0.15) is 0 Å². The molecule has 0 saturated heterocycles. The second-order valence-electron chi connectivity index (χ2n) is 3.43. The number of hydrogen-bond acceptors (Lipinski definition) is 4. The van der Waals surface area contributed by atoms with Crippen molar-refractivity contribution in [2.45, 2.75) is 6.54 Å². The smallest absolute Gasteiger partial charge is 0.0568 e. The first-order valence-electron chi connectivity index (χ1n) is 4.77. The Bertz CT molecular complexity index is 496. The van der Waals surface area contributed by atoms with E-state index in [9.17, 15) is 0 Å². The Balaban J connectivity index is 2.02. The Labute approximate surface area is 107 Å². The summed E-state index contributed by atoms with van der Waals surface area (Å²) >= 11 is 5.14. The number of halogens is 1. The van der Waals surface area contributed by atoms with Crippen molar-refractivity contribution in [1.29, 1.82) is 0 Å². The molecular weight excluding hydrogens is 286 g/mol. The van der Waals surface area contributed by atoms with E-state index in [0.717, 1.165) is 16.7 Å². The highest BCUT2D eigenvalue weighted by Gasteiger charge is 1.99. The summed E-state index contributed by atoms with van der Waals surface area (Å²) in [6.45, 7) is 0.791. The lowest BCUT2D eigenvalue weighted by molar-refractivity contribution is 1.19. The number of nitrogens with two attached hydrogens (primary N) is 2. The molecule has 84 valence electrons. The van der Waals surface area contributed by atoms with Gasteiger partial charge in [0.2, 0.25) is 0 Å². The second-order valence-corrected chi connectivity index (χ2v) is 5.34. The van der Waals surface area contributed by atoms with Crippen LogP contribution in [0.4, 0.5) is 17.1 Å². The quantitative estimate of drug-likeness (QED) is 0.762. The first-order valence-corrected chi connectivity index (χ1v) is 6.44. The van der Waals surface area contributed by atoms with E-state index in [1.54, 1.807) is 11.3 Å².